The first-order valence-electron chi connectivity index (χ1n) is 10.3. The van der Waals surface area contributed by atoms with Gasteiger partial charge < -0.3 is 15.5 Å². The average Bonchev–Trinajstić information content (AvgIpc) is 3.47. The Morgan fingerprint density at radius 3 is 2.93 bits per heavy atom. The van der Waals surface area contributed by atoms with Crippen LogP contribution in [0.5, 0.6) is 0 Å². The Kier molecular flexibility index (Phi) is 5.00. The quantitative estimate of drug-likeness (QED) is 0.633. The van der Waals surface area contributed by atoms with Crippen LogP contribution in [-0.4, -0.2) is 40.2 Å². The summed E-state index contributed by atoms with van der Waals surface area (Å²) in [6, 6.07) is 5.54. The van der Waals surface area contributed by atoms with Gasteiger partial charge >= 0.3 is 0 Å². The number of benzene rings is 1. The standard InChI is InChI=1S/C21H23N5O3S/c27-17-7-6-16(19(28)25-17)26-10-13-4-1-3-12(18(13)20(26)29)9-23-21-24-15(11-30-21)14-5-2-8-22-14/h1,3-4,11,14,16,22H,2,5-10H2,(H,23,24)(H,25,27,28)/t14-,16?/m0/s1. The van der Waals surface area contributed by atoms with E-state index >= 15 is 0 Å². The van der Waals surface area contributed by atoms with Gasteiger partial charge in [-0.05, 0) is 36.9 Å². The lowest BCUT2D eigenvalue weighted by molar-refractivity contribution is -0.136. The molecule has 5 rings (SSSR count). The smallest absolute Gasteiger partial charge is 0.255 e. The van der Waals surface area contributed by atoms with Crippen LogP contribution < -0.4 is 16.0 Å². The molecule has 3 aliphatic heterocycles. The van der Waals surface area contributed by atoms with E-state index in [2.05, 4.69) is 21.3 Å². The molecule has 2 atom stereocenters. The van der Waals surface area contributed by atoms with Crippen LogP contribution in [0.25, 0.3) is 0 Å². The van der Waals surface area contributed by atoms with Gasteiger partial charge in [0.2, 0.25) is 11.8 Å². The lowest BCUT2D eigenvalue weighted by atomic mass is 10.0. The topological polar surface area (TPSA) is 103 Å². The van der Waals surface area contributed by atoms with Crippen molar-refractivity contribution in [2.24, 2.45) is 0 Å². The fourth-order valence-electron chi connectivity index (χ4n) is 4.47. The summed E-state index contributed by atoms with van der Waals surface area (Å²) in [6.07, 6.45) is 2.91. The van der Waals surface area contributed by atoms with Crippen LogP contribution in [-0.2, 0) is 22.7 Å². The molecule has 0 spiro atoms. The van der Waals surface area contributed by atoms with Crippen LogP contribution in [0.2, 0.25) is 0 Å². The number of nitrogens with zero attached hydrogens (tertiary/aromatic N) is 2. The predicted octanol–water partition coefficient (Wildman–Crippen LogP) is 1.94. The van der Waals surface area contributed by atoms with Gasteiger partial charge in [-0.3, -0.25) is 19.7 Å². The van der Waals surface area contributed by atoms with Gasteiger partial charge in [-0.25, -0.2) is 4.98 Å². The fraction of sp³-hybridized carbons (Fsp3) is 0.429. The molecule has 2 saturated heterocycles. The maximum atomic E-state index is 13.1. The van der Waals surface area contributed by atoms with Gasteiger partial charge in [0.15, 0.2) is 5.13 Å². The van der Waals surface area contributed by atoms with Gasteiger partial charge in [0.05, 0.1) is 11.7 Å². The van der Waals surface area contributed by atoms with Crippen molar-refractivity contribution in [2.45, 2.75) is 50.9 Å². The summed E-state index contributed by atoms with van der Waals surface area (Å²) in [4.78, 5) is 43.1. The van der Waals surface area contributed by atoms with E-state index in [1.165, 1.54) is 6.42 Å². The third-order valence-corrected chi connectivity index (χ3v) is 6.83. The summed E-state index contributed by atoms with van der Waals surface area (Å²) in [6.45, 7) is 1.92. The molecule has 2 aromatic rings. The Morgan fingerprint density at radius 1 is 1.23 bits per heavy atom. The lowest BCUT2D eigenvalue weighted by Crippen LogP contribution is -2.52. The minimum Gasteiger partial charge on any atom is -0.357 e. The van der Waals surface area contributed by atoms with Crippen molar-refractivity contribution in [1.29, 1.82) is 0 Å². The van der Waals surface area contributed by atoms with Crippen molar-refractivity contribution in [3.05, 3.63) is 46.0 Å². The molecular formula is C21H23N5O3S. The third kappa shape index (κ3) is 3.48. The minimum absolute atomic E-state index is 0.146. The van der Waals surface area contributed by atoms with Crippen molar-refractivity contribution < 1.29 is 14.4 Å². The van der Waals surface area contributed by atoms with Gasteiger partial charge in [0.1, 0.15) is 6.04 Å². The highest BCUT2D eigenvalue weighted by Gasteiger charge is 2.39. The molecule has 2 fully saturated rings. The van der Waals surface area contributed by atoms with Crippen LogP contribution in [0.15, 0.2) is 23.6 Å². The SMILES string of the molecule is O=C1CCC(N2Cc3cccc(CNc4nc([C@@H]5CCCN5)cs4)c3C2=O)C(=O)N1. The molecule has 0 bridgehead atoms. The van der Waals surface area contributed by atoms with Crippen molar-refractivity contribution in [3.63, 3.8) is 0 Å². The Labute approximate surface area is 178 Å². The summed E-state index contributed by atoms with van der Waals surface area (Å²) in [5.74, 6) is -0.810. The number of nitrogens with one attached hydrogen (secondary N) is 3. The van der Waals surface area contributed by atoms with Crippen LogP contribution >= 0.6 is 11.3 Å². The zero-order valence-electron chi connectivity index (χ0n) is 16.4. The van der Waals surface area contributed by atoms with Crippen molar-refractivity contribution in [2.75, 3.05) is 11.9 Å². The monoisotopic (exact) mass is 425 g/mol. The Morgan fingerprint density at radius 2 is 2.13 bits per heavy atom. The number of carbonyl (C=O) groups excluding carboxylic acids is 3. The van der Waals surface area contributed by atoms with Gasteiger partial charge in [-0.1, -0.05) is 18.2 Å². The highest BCUT2D eigenvalue weighted by molar-refractivity contribution is 7.13. The number of imide groups is 1. The molecule has 30 heavy (non-hydrogen) atoms. The maximum Gasteiger partial charge on any atom is 0.255 e. The maximum absolute atomic E-state index is 13.1. The normalized spacial score (nSPS) is 23.6. The number of piperidine rings is 1. The highest BCUT2D eigenvalue weighted by atomic mass is 32.1. The van der Waals surface area contributed by atoms with E-state index in [1.54, 1.807) is 16.2 Å². The lowest BCUT2D eigenvalue weighted by Gasteiger charge is -2.29. The van der Waals surface area contributed by atoms with E-state index < -0.39 is 6.04 Å². The molecule has 3 amide bonds. The Bertz CT molecular complexity index is 1010. The second kappa shape index (κ2) is 7.81. The van der Waals surface area contributed by atoms with Crippen LogP contribution in [0, 0.1) is 0 Å². The molecule has 3 aliphatic rings. The van der Waals surface area contributed by atoms with E-state index in [1.807, 2.05) is 18.2 Å². The average molecular weight is 426 g/mol. The van der Waals surface area contributed by atoms with Crippen molar-refractivity contribution in [3.8, 4) is 0 Å². The number of anilines is 1. The molecule has 1 unspecified atom stereocenters. The zero-order valence-corrected chi connectivity index (χ0v) is 17.3. The second-order valence-corrected chi connectivity index (χ2v) is 8.79. The summed E-state index contributed by atoms with van der Waals surface area (Å²) >= 11 is 1.57. The highest BCUT2D eigenvalue weighted by Crippen LogP contribution is 2.31. The van der Waals surface area contributed by atoms with E-state index in [4.69, 9.17) is 4.98 Å². The summed E-state index contributed by atoms with van der Waals surface area (Å²) < 4.78 is 0. The number of amides is 3. The Balaban J connectivity index is 1.30. The molecule has 156 valence electrons. The van der Waals surface area contributed by atoms with Crippen LogP contribution in [0.4, 0.5) is 5.13 Å². The van der Waals surface area contributed by atoms with Crippen LogP contribution in [0.3, 0.4) is 0 Å². The van der Waals surface area contributed by atoms with Crippen molar-refractivity contribution >= 4 is 34.2 Å². The van der Waals surface area contributed by atoms with E-state index in [0.29, 0.717) is 31.1 Å². The first-order chi connectivity index (χ1) is 14.6. The first kappa shape index (κ1) is 19.2. The van der Waals surface area contributed by atoms with Gasteiger partial charge in [-0.2, -0.15) is 0 Å². The third-order valence-electron chi connectivity index (χ3n) is 6.01. The molecule has 4 heterocycles. The van der Waals surface area contributed by atoms with Crippen LogP contribution in [0.1, 0.15) is 58.9 Å². The molecule has 0 saturated carbocycles. The molecule has 9 heteroatoms. The van der Waals surface area contributed by atoms with Gasteiger partial charge in [0, 0.05) is 30.5 Å². The molecule has 1 aromatic carbocycles. The minimum atomic E-state index is -0.594. The van der Waals surface area contributed by atoms with E-state index in [-0.39, 0.29) is 24.1 Å². The first-order valence-corrected chi connectivity index (χ1v) is 11.2. The van der Waals surface area contributed by atoms with Gasteiger partial charge in [-0.15, -0.1) is 11.3 Å². The summed E-state index contributed by atoms with van der Waals surface area (Å²) in [5, 5.41) is 12.1. The number of carbonyl (C=O) groups is 3. The molecular weight excluding hydrogens is 402 g/mol. The number of hydrogen-bond acceptors (Lipinski definition) is 7. The molecule has 3 N–H and O–H groups in total. The Hall–Kier alpha value is -2.78. The van der Waals surface area contributed by atoms with E-state index in [0.717, 1.165) is 34.9 Å². The van der Waals surface area contributed by atoms with E-state index in [9.17, 15) is 14.4 Å². The predicted molar refractivity (Wildman–Crippen MR) is 112 cm³/mol. The molecule has 0 radical (unpaired) electrons. The number of aromatic nitrogens is 1. The molecule has 1 aromatic heterocycles. The fourth-order valence-corrected chi connectivity index (χ4v) is 5.24. The number of thiazole rings is 1. The largest absolute Gasteiger partial charge is 0.357 e. The molecule has 0 aliphatic carbocycles. The van der Waals surface area contributed by atoms with Gasteiger partial charge in [0.25, 0.3) is 5.91 Å². The zero-order chi connectivity index (χ0) is 20.7. The summed E-state index contributed by atoms with van der Waals surface area (Å²) in [5.41, 5.74) is 3.53. The second-order valence-electron chi connectivity index (χ2n) is 7.93. The summed E-state index contributed by atoms with van der Waals surface area (Å²) in [7, 11) is 0. The number of fused-ring (bicyclic) bond motifs is 1. The number of hydrogen-bond donors (Lipinski definition) is 3. The van der Waals surface area contributed by atoms with Crippen molar-refractivity contribution in [1.82, 2.24) is 20.5 Å². The number of rotatable bonds is 5. The molecule has 8 nitrogen and oxygen atoms in total.